The number of aliphatic carboxylic acids is 1. The number of aryl methyl sites for hydroxylation is 1. The molecule has 0 spiro atoms. The Morgan fingerprint density at radius 3 is 2.38 bits per heavy atom. The Labute approximate surface area is 304 Å². The molecule has 0 saturated carbocycles. The number of benzene rings is 1. The Balaban J connectivity index is 1.54. The molecule has 2 atom stereocenters. The number of halogens is 7. The maximum Gasteiger partial charge on any atom is 0.425 e. The number of hydrogen-bond acceptors (Lipinski definition) is 7. The van der Waals surface area contributed by atoms with Gasteiger partial charge in [0.15, 0.2) is 0 Å². The minimum atomic E-state index is -4.94. The third-order valence-electron chi connectivity index (χ3n) is 9.83. The van der Waals surface area contributed by atoms with E-state index in [4.69, 9.17) is 4.74 Å². The van der Waals surface area contributed by atoms with Crippen LogP contribution in [0, 0.1) is 17.1 Å². The molecule has 2 aliphatic rings. The predicted octanol–water partition coefficient (Wildman–Crippen LogP) is 7.64. The molecule has 2 saturated heterocycles. The Hall–Kier alpha value is -4.72. The molecule has 17 heteroatoms. The molecule has 53 heavy (non-hydrogen) atoms. The van der Waals surface area contributed by atoms with Crippen molar-refractivity contribution in [1.82, 2.24) is 14.8 Å². The number of pyridine rings is 1. The van der Waals surface area contributed by atoms with E-state index in [1.807, 2.05) is 0 Å². The number of likely N-dealkylation sites (tertiary alicyclic amines) is 2. The van der Waals surface area contributed by atoms with E-state index in [1.54, 1.807) is 6.92 Å². The summed E-state index contributed by atoms with van der Waals surface area (Å²) in [6.07, 6.45) is -8.72. The fourth-order valence-electron chi connectivity index (χ4n) is 7.33. The number of carbonyl (C=O) groups excluding carboxylic acids is 2. The highest BCUT2D eigenvalue weighted by Crippen LogP contribution is 2.44. The molecule has 9 nitrogen and oxygen atoms in total. The van der Waals surface area contributed by atoms with Gasteiger partial charge in [0.25, 0.3) is 11.8 Å². The molecule has 0 aliphatic carbocycles. The van der Waals surface area contributed by atoms with Crippen molar-refractivity contribution in [2.45, 2.75) is 87.7 Å². The van der Waals surface area contributed by atoms with Crippen LogP contribution in [0.2, 0.25) is 0 Å². The average molecular weight is 769 g/mol. The average Bonchev–Trinajstić information content (AvgIpc) is 3.60. The normalized spacial score (nSPS) is 20.5. The van der Waals surface area contributed by atoms with Crippen LogP contribution in [0.1, 0.15) is 83.9 Å². The maximum absolute atomic E-state index is 14.9. The molecule has 2 aromatic heterocycles. The van der Waals surface area contributed by atoms with Crippen LogP contribution in [0.4, 0.5) is 30.7 Å². The van der Waals surface area contributed by atoms with Gasteiger partial charge in [0.05, 0.1) is 23.1 Å². The number of ether oxygens (including phenoxy) is 1. The van der Waals surface area contributed by atoms with Crippen LogP contribution in [0.25, 0.3) is 0 Å². The highest BCUT2D eigenvalue weighted by atomic mass is 32.1. The number of carboxylic acids is 1. The second-order valence-electron chi connectivity index (χ2n) is 13.1. The van der Waals surface area contributed by atoms with Crippen LogP contribution in [-0.2, 0) is 33.8 Å². The van der Waals surface area contributed by atoms with Crippen LogP contribution < -0.4 is 4.74 Å². The molecule has 2 aliphatic heterocycles. The van der Waals surface area contributed by atoms with Crippen molar-refractivity contribution in [3.8, 4) is 11.8 Å². The zero-order chi connectivity index (χ0) is 38.8. The van der Waals surface area contributed by atoms with E-state index in [9.17, 15) is 55.5 Å². The zero-order valence-electron chi connectivity index (χ0n) is 28.4. The maximum atomic E-state index is 14.9. The molecule has 3 aromatic rings. The van der Waals surface area contributed by atoms with Gasteiger partial charge in [-0.25, -0.2) is 4.39 Å². The minimum Gasteiger partial charge on any atom is -0.481 e. The van der Waals surface area contributed by atoms with Crippen molar-refractivity contribution in [3.05, 3.63) is 81.1 Å². The topological polar surface area (TPSA) is 124 Å². The number of nitrogens with zero attached hydrogens (tertiary/aromatic N) is 4. The number of amides is 2. The minimum absolute atomic E-state index is 0.0173. The van der Waals surface area contributed by atoms with Gasteiger partial charge in [0.1, 0.15) is 22.1 Å². The second-order valence-corrected chi connectivity index (χ2v) is 14.0. The molecule has 1 N–H and O–H groups in total. The first kappa shape index (κ1) is 39.5. The summed E-state index contributed by atoms with van der Waals surface area (Å²) in [7, 11) is 0. The van der Waals surface area contributed by atoms with E-state index in [-0.39, 0.29) is 75.9 Å². The molecule has 0 bridgehead atoms. The van der Waals surface area contributed by atoms with Gasteiger partial charge in [-0.2, -0.15) is 31.6 Å². The molecule has 4 heterocycles. The highest BCUT2D eigenvalue weighted by Gasteiger charge is 2.57. The van der Waals surface area contributed by atoms with Crippen molar-refractivity contribution in [2.24, 2.45) is 0 Å². The molecule has 284 valence electrons. The van der Waals surface area contributed by atoms with Crippen LogP contribution in [0.5, 0.6) is 5.75 Å². The zero-order valence-corrected chi connectivity index (χ0v) is 29.2. The smallest absolute Gasteiger partial charge is 0.425 e. The Kier molecular flexibility index (Phi) is 11.4. The number of piperidine rings is 2. The Bertz CT molecular complexity index is 1880. The van der Waals surface area contributed by atoms with E-state index in [0.29, 0.717) is 29.4 Å². The van der Waals surface area contributed by atoms with E-state index in [2.05, 4.69) is 11.1 Å². The molecule has 5 rings (SSSR count). The van der Waals surface area contributed by atoms with Crippen molar-refractivity contribution in [1.29, 1.82) is 5.26 Å². The first-order valence-electron chi connectivity index (χ1n) is 16.8. The summed E-state index contributed by atoms with van der Waals surface area (Å²) in [6, 6.07) is 7.21. The van der Waals surface area contributed by atoms with Gasteiger partial charge in [0.2, 0.25) is 5.60 Å². The quantitative estimate of drug-likeness (QED) is 0.210. The van der Waals surface area contributed by atoms with Crippen molar-refractivity contribution in [2.75, 3.05) is 19.6 Å². The Morgan fingerprint density at radius 2 is 1.77 bits per heavy atom. The fraction of sp³-hybridized carbons (Fsp3) is 0.472. The van der Waals surface area contributed by atoms with Gasteiger partial charge in [-0.1, -0.05) is 19.4 Å². The van der Waals surface area contributed by atoms with Crippen molar-refractivity contribution < 1.29 is 55.0 Å². The van der Waals surface area contributed by atoms with Gasteiger partial charge in [-0.3, -0.25) is 19.4 Å². The lowest BCUT2D eigenvalue weighted by atomic mass is 9.71. The van der Waals surface area contributed by atoms with Gasteiger partial charge >= 0.3 is 18.3 Å². The molecular weight excluding hydrogens is 733 g/mol. The summed E-state index contributed by atoms with van der Waals surface area (Å²) < 4.78 is 104. The van der Waals surface area contributed by atoms with E-state index in [1.165, 1.54) is 17.0 Å². The fourth-order valence-corrected chi connectivity index (χ4v) is 8.01. The summed E-state index contributed by atoms with van der Waals surface area (Å²) in [5, 5.41) is 20.7. The number of aromatic nitrogens is 1. The van der Waals surface area contributed by atoms with E-state index >= 15 is 0 Å². The van der Waals surface area contributed by atoms with Crippen LogP contribution in [0.15, 0.2) is 48.0 Å². The third-order valence-corrected chi connectivity index (χ3v) is 10.8. The Morgan fingerprint density at radius 1 is 1.06 bits per heavy atom. The number of nitriles is 1. The van der Waals surface area contributed by atoms with Crippen molar-refractivity contribution in [3.63, 3.8) is 0 Å². The predicted molar refractivity (Wildman–Crippen MR) is 176 cm³/mol. The summed E-state index contributed by atoms with van der Waals surface area (Å²) in [5.74, 6) is -3.91. The summed E-state index contributed by atoms with van der Waals surface area (Å²) in [4.78, 5) is 45.3. The molecule has 0 radical (unpaired) electrons. The third kappa shape index (κ3) is 8.12. The second kappa shape index (κ2) is 15.3. The van der Waals surface area contributed by atoms with Gasteiger partial charge in [-0.05, 0) is 67.5 Å². The lowest BCUT2D eigenvalue weighted by molar-refractivity contribution is -0.160. The number of thiophene rings is 1. The number of hydrogen-bond donors (Lipinski definition) is 1. The van der Waals surface area contributed by atoms with Crippen molar-refractivity contribution >= 4 is 29.1 Å². The first-order valence-corrected chi connectivity index (χ1v) is 17.7. The van der Waals surface area contributed by atoms with Crippen LogP contribution in [0.3, 0.4) is 0 Å². The molecule has 2 fully saturated rings. The number of carbonyl (C=O) groups is 3. The molecule has 2 amide bonds. The van der Waals surface area contributed by atoms with E-state index < -0.39 is 69.1 Å². The first-order chi connectivity index (χ1) is 25.0. The van der Waals surface area contributed by atoms with Gasteiger partial charge < -0.3 is 19.6 Å². The summed E-state index contributed by atoms with van der Waals surface area (Å²) >= 11 is 0.329. The number of alkyl halides is 6. The standard InChI is InChI=1S/C36H35F7N4O5S/c1-2-5-27-34(52-24-19-28(53-20-24)36(41,42)43,11-4-15-47(27)31(50)30-25(35(38,39)40)6-3-14-45-30)32(51)46-16-12-33(21-44,13-17-46)26-18-23(37)9-7-22(26)8-10-29(48)49/h3,6-7,9,14,18-20,27H,2,4-5,8,10-13,15-17H2,1H3,(H,48,49)/t27?,34-/m0/s1. The monoisotopic (exact) mass is 768 g/mol. The highest BCUT2D eigenvalue weighted by molar-refractivity contribution is 7.10. The summed E-state index contributed by atoms with van der Waals surface area (Å²) in [5.41, 5.74) is -4.85. The largest absolute Gasteiger partial charge is 0.481 e. The van der Waals surface area contributed by atoms with Gasteiger partial charge in [0, 0.05) is 50.1 Å². The molecular formula is C36H35F7N4O5S. The molecule has 1 unspecified atom stereocenters. The summed E-state index contributed by atoms with van der Waals surface area (Å²) in [6.45, 7) is 1.39. The lowest BCUT2D eigenvalue weighted by Gasteiger charge is -2.51. The van der Waals surface area contributed by atoms with Gasteiger partial charge in [-0.15, -0.1) is 11.3 Å². The number of carboxylic acid groups (broad SMARTS) is 1. The van der Waals surface area contributed by atoms with Crippen LogP contribution >= 0.6 is 11.3 Å². The SMILES string of the molecule is CCCC1N(C(=O)c2ncccc2C(F)(F)F)CCC[C@@]1(Oc1csc(C(F)(F)F)c1)C(=O)N1CCC(C#N)(c2cc(F)ccc2CCC(=O)O)CC1. The number of rotatable bonds is 10. The van der Waals surface area contributed by atoms with E-state index in [0.717, 1.165) is 34.7 Å². The van der Waals surface area contributed by atoms with Crippen LogP contribution in [-0.4, -0.2) is 69.0 Å². The lowest BCUT2D eigenvalue weighted by Crippen LogP contribution is -2.68. The molecule has 1 aromatic carbocycles.